The molecule has 30 heteroatoms. The van der Waals surface area contributed by atoms with E-state index in [1.807, 2.05) is 0 Å². The Kier molecular flexibility index (Phi) is 28.7. The minimum absolute atomic E-state index is 0.00613. The lowest BCUT2D eigenvalue weighted by molar-refractivity contribution is -0.147. The molecule has 15 unspecified atom stereocenters. The topological polar surface area (TPSA) is 458 Å². The lowest BCUT2D eigenvalue weighted by atomic mass is 9.94. The molecule has 1 aromatic carbocycles. The van der Waals surface area contributed by atoms with Crippen LogP contribution in [0.25, 0.3) is 0 Å². The summed E-state index contributed by atoms with van der Waals surface area (Å²) in [4.78, 5) is 172. The Balaban J connectivity index is 1.54. The summed E-state index contributed by atoms with van der Waals surface area (Å²) < 4.78 is 0. The summed E-state index contributed by atoms with van der Waals surface area (Å²) in [7, 11) is 0. The highest BCUT2D eigenvalue weighted by Crippen LogP contribution is 2.27. The Labute approximate surface area is 529 Å². The van der Waals surface area contributed by atoms with Gasteiger partial charge in [-0.2, -0.15) is 0 Å². The maximum atomic E-state index is 14.9. The van der Waals surface area contributed by atoms with Gasteiger partial charge in [-0.05, 0) is 102 Å². The summed E-state index contributed by atoms with van der Waals surface area (Å²) in [5, 5.41) is 85.9. The van der Waals surface area contributed by atoms with Crippen LogP contribution in [-0.4, -0.2) is 234 Å². The fourth-order valence-corrected chi connectivity index (χ4v) is 11.7. The predicted molar refractivity (Wildman–Crippen MR) is 325 cm³/mol. The van der Waals surface area contributed by atoms with Crippen molar-refractivity contribution in [2.75, 3.05) is 32.8 Å². The Morgan fingerprint density at radius 1 is 0.637 bits per heavy atom. The van der Waals surface area contributed by atoms with E-state index in [-0.39, 0.29) is 70.5 Å². The fourth-order valence-electron chi connectivity index (χ4n) is 11.7. The van der Waals surface area contributed by atoms with Crippen molar-refractivity contribution in [3.05, 3.63) is 47.7 Å². The highest BCUT2D eigenvalue weighted by molar-refractivity contribution is 6.03. The van der Waals surface area contributed by atoms with Crippen LogP contribution in [-0.2, 0) is 64.0 Å². The van der Waals surface area contributed by atoms with Crippen LogP contribution in [0.5, 0.6) is 0 Å². The molecule has 4 aliphatic heterocycles. The van der Waals surface area contributed by atoms with Crippen molar-refractivity contribution in [3.63, 3.8) is 0 Å². The summed E-state index contributed by atoms with van der Waals surface area (Å²) >= 11 is 0. The third kappa shape index (κ3) is 20.9. The van der Waals surface area contributed by atoms with Crippen LogP contribution in [0.2, 0.25) is 0 Å². The second kappa shape index (κ2) is 35.3. The maximum absolute atomic E-state index is 14.9. The number of aryl methyl sites for hydroxylation is 1. The van der Waals surface area contributed by atoms with Crippen molar-refractivity contribution in [1.29, 1.82) is 0 Å². The predicted octanol–water partition coefficient (Wildman–Crippen LogP) is -4.39. The molecule has 0 aliphatic carbocycles. The van der Waals surface area contributed by atoms with Gasteiger partial charge in [0.15, 0.2) is 6.10 Å². The number of carbonyl (C=O) groups is 12. The van der Waals surface area contributed by atoms with Gasteiger partial charge in [-0.15, -0.1) is 0 Å². The van der Waals surface area contributed by atoms with Gasteiger partial charge in [-0.3, -0.25) is 57.5 Å². The van der Waals surface area contributed by atoms with Crippen LogP contribution in [0.4, 0.5) is 0 Å². The van der Waals surface area contributed by atoms with Gasteiger partial charge in [-0.1, -0.05) is 70.5 Å². The first-order chi connectivity index (χ1) is 43.1. The van der Waals surface area contributed by atoms with E-state index in [2.05, 4.69) is 42.5 Å². The zero-order valence-electron chi connectivity index (χ0n) is 52.6. The molecule has 4 fully saturated rings. The normalized spacial score (nSPS) is 28.4. The zero-order chi connectivity index (χ0) is 67.4. The number of allylic oxidation sites excluding steroid dienone is 1. The lowest BCUT2D eigenvalue weighted by Gasteiger charge is -2.33. The summed E-state index contributed by atoms with van der Waals surface area (Å²) in [5.41, 5.74) is 5.67. The van der Waals surface area contributed by atoms with E-state index < -0.39 is 206 Å². The lowest BCUT2D eigenvalue weighted by Crippen LogP contribution is -2.61. The molecule has 12 amide bonds. The molecule has 4 aliphatic rings. The summed E-state index contributed by atoms with van der Waals surface area (Å²) in [5.74, 6) is -12.0. The number of hydrogen-bond acceptors (Lipinski definition) is 18. The van der Waals surface area contributed by atoms with Gasteiger partial charge in [0.1, 0.15) is 54.0 Å². The van der Waals surface area contributed by atoms with E-state index >= 15 is 0 Å². The number of fused-ring (bicyclic) bond motifs is 3. The van der Waals surface area contributed by atoms with Crippen LogP contribution in [0.15, 0.2) is 42.1 Å². The highest BCUT2D eigenvalue weighted by Gasteiger charge is 2.45. The number of carbonyl (C=O) groups excluding carboxylic acids is 12. The second-order valence-corrected chi connectivity index (χ2v) is 24.4. The second-order valence-electron chi connectivity index (χ2n) is 24.4. The largest absolute Gasteiger partial charge is 0.394 e. The molecular weight excluding hydrogens is 1190 g/mol. The minimum atomic E-state index is -2.33. The first-order valence-corrected chi connectivity index (χ1v) is 31.4. The van der Waals surface area contributed by atoms with Crippen LogP contribution in [0, 0.1) is 11.8 Å². The number of nitrogens with two attached hydrogens (primary N) is 1. The standard InChI is InChI=1S/C61H94N12O18/c1-7-33(5)49-57(87)68-41(31-74)54(84)64-37(8-2)53(83)70-50(34(6)75)58(88)66-39(21-20-35-15-10-9-11-16-35)60(90)72-25-12-17-42(72)55(85)67-40(28-36(76)29-46(78)45(77)27-32(3)4)51(81)59(89)65-38(22-23-47(62)79)52(82)63-30-48(80)71-24-14-19-44(71)61(91)73-26-13-18-43(73)56(86)69-49/h8-11,15-16,32-34,36,38-46,49-51,74-78,81H,7,12-14,17-31H2,1-6H3,(H2,62,79)(H,63,82)(H,64,84)(H,65,89)(H,66,88)(H,67,85)(H,68,87)(H,69,86)(H,70,83). The molecule has 506 valence electrons. The Bertz CT molecular complexity index is 2770. The molecule has 30 nitrogen and oxygen atoms in total. The first kappa shape index (κ1) is 74.1. The van der Waals surface area contributed by atoms with E-state index in [4.69, 9.17) is 5.73 Å². The van der Waals surface area contributed by atoms with Crippen molar-refractivity contribution in [2.24, 2.45) is 17.6 Å². The summed E-state index contributed by atoms with van der Waals surface area (Å²) in [6, 6.07) is -4.63. The first-order valence-electron chi connectivity index (χ1n) is 31.4. The van der Waals surface area contributed by atoms with E-state index in [0.717, 1.165) is 16.5 Å². The zero-order valence-corrected chi connectivity index (χ0v) is 52.6. The molecular formula is C61H94N12O18. The molecule has 4 saturated heterocycles. The highest BCUT2D eigenvalue weighted by atomic mass is 16.3. The van der Waals surface area contributed by atoms with Gasteiger partial charge in [0.25, 0.3) is 11.8 Å². The van der Waals surface area contributed by atoms with Crippen LogP contribution in [0.3, 0.4) is 0 Å². The van der Waals surface area contributed by atoms with Crippen LogP contribution < -0.4 is 48.3 Å². The van der Waals surface area contributed by atoms with E-state index in [1.54, 1.807) is 58.0 Å². The number of aliphatic hydroxyl groups is 6. The van der Waals surface area contributed by atoms with Crippen LogP contribution in [0.1, 0.15) is 131 Å². The molecule has 16 N–H and O–H groups in total. The molecule has 0 bridgehead atoms. The third-order valence-electron chi connectivity index (χ3n) is 17.1. The van der Waals surface area contributed by atoms with Gasteiger partial charge in [0.2, 0.25) is 59.1 Å². The monoisotopic (exact) mass is 1280 g/mol. The van der Waals surface area contributed by atoms with Crippen LogP contribution >= 0.6 is 0 Å². The molecule has 0 aromatic heterocycles. The Hall–Kier alpha value is -7.64. The van der Waals surface area contributed by atoms with Crippen molar-refractivity contribution in [1.82, 2.24) is 57.2 Å². The molecule has 5 rings (SSSR count). The SMILES string of the molecule is CC=C1NC(=O)C(CO)NC(=O)C(C(C)CC)NC(=O)C2CCCN2C(=O)C2CCCN2C(=O)CNC(=O)C(CCC(N)=O)NC(=O)C(O)C(CC(O)CC(O)C(O)CC(C)C)NC(=O)C2CCCN2C(=O)C(CCc2ccccc2)NC(=O)C(C(C)O)NC1=O. The van der Waals surface area contributed by atoms with Gasteiger partial charge >= 0.3 is 0 Å². The molecule has 15 atom stereocenters. The van der Waals surface area contributed by atoms with Crippen molar-refractivity contribution in [2.45, 2.75) is 216 Å². The van der Waals surface area contributed by atoms with E-state index in [1.165, 1.54) is 23.6 Å². The number of rotatable bonds is 17. The Morgan fingerprint density at radius 3 is 1.78 bits per heavy atom. The van der Waals surface area contributed by atoms with Crippen molar-refractivity contribution < 1.29 is 88.2 Å². The molecule has 0 radical (unpaired) electrons. The van der Waals surface area contributed by atoms with Crippen molar-refractivity contribution >= 4 is 70.9 Å². The molecule has 4 heterocycles. The number of nitrogens with zero attached hydrogens (tertiary/aromatic N) is 3. The third-order valence-corrected chi connectivity index (χ3v) is 17.1. The van der Waals surface area contributed by atoms with E-state index in [0.29, 0.717) is 19.3 Å². The van der Waals surface area contributed by atoms with Gasteiger partial charge in [0, 0.05) is 32.5 Å². The number of amides is 12. The number of aliphatic hydroxyl groups excluding tert-OH is 6. The average Bonchev–Trinajstić information content (AvgIpc) is 1.79. The fraction of sp³-hybridized carbons (Fsp3) is 0.672. The number of nitrogens with one attached hydrogen (secondary N) is 8. The van der Waals surface area contributed by atoms with Gasteiger partial charge in [-0.25, -0.2) is 0 Å². The molecule has 1 aromatic rings. The summed E-state index contributed by atoms with van der Waals surface area (Å²) in [6.45, 7) is 7.81. The quantitative estimate of drug-likeness (QED) is 0.0655. The van der Waals surface area contributed by atoms with Gasteiger partial charge in [0.05, 0.1) is 43.6 Å². The smallest absolute Gasteiger partial charge is 0.268 e. The maximum Gasteiger partial charge on any atom is 0.268 e. The van der Waals surface area contributed by atoms with Gasteiger partial charge < -0.3 is 93.6 Å². The van der Waals surface area contributed by atoms with Crippen molar-refractivity contribution in [3.8, 4) is 0 Å². The number of primary amides is 1. The summed E-state index contributed by atoms with van der Waals surface area (Å²) in [6.07, 6.45) is -7.72. The number of benzene rings is 1. The Morgan fingerprint density at radius 2 is 1.20 bits per heavy atom. The molecule has 0 saturated carbocycles. The molecule has 91 heavy (non-hydrogen) atoms. The minimum Gasteiger partial charge on any atom is -0.394 e. The van der Waals surface area contributed by atoms with E-state index in [9.17, 15) is 88.2 Å². The molecule has 0 spiro atoms. The number of hydrogen-bond donors (Lipinski definition) is 15. The average molecular weight is 1280 g/mol.